The molecule has 1 N–H and O–H groups in total. The number of carbonyl (C=O) groups is 3. The third kappa shape index (κ3) is 3.02. The molecule has 3 amide bonds. The van der Waals surface area contributed by atoms with Gasteiger partial charge in [-0.25, -0.2) is 4.98 Å². The maximum Gasteiger partial charge on any atom is 0.255 e. The van der Waals surface area contributed by atoms with Crippen LogP contribution in [0.3, 0.4) is 0 Å². The number of imide groups is 1. The molecule has 1 fully saturated rings. The monoisotopic (exact) mass is 390 g/mol. The van der Waals surface area contributed by atoms with Gasteiger partial charge in [-0.15, -0.1) is 0 Å². The average Bonchev–Trinajstić information content (AvgIpc) is 3.31. The van der Waals surface area contributed by atoms with Crippen molar-refractivity contribution < 1.29 is 19.1 Å². The van der Waals surface area contributed by atoms with Gasteiger partial charge in [0.1, 0.15) is 24.0 Å². The molecule has 8 nitrogen and oxygen atoms in total. The van der Waals surface area contributed by atoms with Gasteiger partial charge < -0.3 is 14.0 Å². The summed E-state index contributed by atoms with van der Waals surface area (Å²) in [6.45, 7) is 0.633. The summed E-state index contributed by atoms with van der Waals surface area (Å²) in [6.07, 6.45) is 6.13. The Balaban J connectivity index is 1.36. The van der Waals surface area contributed by atoms with E-state index in [9.17, 15) is 14.4 Å². The zero-order valence-electron chi connectivity index (χ0n) is 15.5. The molecular formula is C21H18N4O4. The van der Waals surface area contributed by atoms with Crippen LogP contribution in [0.4, 0.5) is 0 Å². The molecule has 2 aliphatic rings. The van der Waals surface area contributed by atoms with Crippen molar-refractivity contribution in [3.05, 3.63) is 65.6 Å². The predicted molar refractivity (Wildman–Crippen MR) is 102 cm³/mol. The van der Waals surface area contributed by atoms with Crippen LogP contribution < -0.4 is 10.1 Å². The minimum absolute atomic E-state index is 0.209. The third-order valence-corrected chi connectivity index (χ3v) is 5.38. The molecule has 8 heteroatoms. The molecule has 5 rings (SSSR count). The number of pyridine rings is 1. The molecule has 29 heavy (non-hydrogen) atoms. The van der Waals surface area contributed by atoms with E-state index in [2.05, 4.69) is 10.3 Å². The van der Waals surface area contributed by atoms with E-state index < -0.39 is 11.9 Å². The fourth-order valence-electron chi connectivity index (χ4n) is 3.90. The highest BCUT2D eigenvalue weighted by molar-refractivity contribution is 6.05. The standard InChI is InChI=1S/C21H18N4O4/c26-19-7-5-16(20(27)23-19)25-11-15-14(21(25)28)2-1-3-17(15)29-12-13-4-6-18-22-8-9-24(18)10-13/h1-4,6,8-10,16H,5,7,11-12H2,(H,23,26,27). The van der Waals surface area contributed by atoms with Crippen molar-refractivity contribution in [1.29, 1.82) is 0 Å². The Morgan fingerprint density at radius 2 is 2.07 bits per heavy atom. The fraction of sp³-hybridized carbons (Fsp3) is 0.238. The largest absolute Gasteiger partial charge is 0.488 e. The zero-order valence-corrected chi connectivity index (χ0v) is 15.5. The molecule has 0 radical (unpaired) electrons. The highest BCUT2D eigenvalue weighted by Gasteiger charge is 2.40. The Labute approximate surface area is 166 Å². The topological polar surface area (TPSA) is 93.0 Å². The quantitative estimate of drug-likeness (QED) is 0.684. The van der Waals surface area contributed by atoms with Crippen LogP contribution in [0.15, 0.2) is 48.9 Å². The normalized spacial score (nSPS) is 18.8. The van der Waals surface area contributed by atoms with Crippen molar-refractivity contribution in [2.75, 3.05) is 0 Å². The molecule has 1 aromatic carbocycles. The SMILES string of the molecule is O=C1CCC(N2Cc3c(OCc4ccc5nccn5c4)cccc3C2=O)C(=O)N1. The Morgan fingerprint density at radius 1 is 1.17 bits per heavy atom. The number of carbonyl (C=O) groups excluding carboxylic acids is 3. The van der Waals surface area contributed by atoms with E-state index in [1.54, 1.807) is 18.3 Å². The number of benzene rings is 1. The Bertz CT molecular complexity index is 1150. The average molecular weight is 390 g/mol. The molecule has 2 aromatic heterocycles. The van der Waals surface area contributed by atoms with Crippen molar-refractivity contribution in [1.82, 2.24) is 19.6 Å². The van der Waals surface area contributed by atoms with Crippen LogP contribution >= 0.6 is 0 Å². The summed E-state index contributed by atoms with van der Waals surface area (Å²) < 4.78 is 7.94. The lowest BCUT2D eigenvalue weighted by atomic mass is 10.0. The third-order valence-electron chi connectivity index (χ3n) is 5.38. The van der Waals surface area contributed by atoms with Crippen molar-refractivity contribution in [3.63, 3.8) is 0 Å². The fourth-order valence-corrected chi connectivity index (χ4v) is 3.90. The number of fused-ring (bicyclic) bond motifs is 2. The van der Waals surface area contributed by atoms with Crippen molar-refractivity contribution in [2.24, 2.45) is 0 Å². The highest BCUT2D eigenvalue weighted by Crippen LogP contribution is 2.33. The smallest absolute Gasteiger partial charge is 0.255 e. The zero-order chi connectivity index (χ0) is 20.0. The van der Waals surface area contributed by atoms with Crippen LogP contribution in [0, 0.1) is 0 Å². The van der Waals surface area contributed by atoms with Crippen LogP contribution in [0.1, 0.15) is 34.3 Å². The molecule has 1 unspecified atom stereocenters. The van der Waals surface area contributed by atoms with Crippen LogP contribution in [-0.2, 0) is 22.7 Å². The number of hydrogen-bond donors (Lipinski definition) is 1. The minimum Gasteiger partial charge on any atom is -0.488 e. The summed E-state index contributed by atoms with van der Waals surface area (Å²) >= 11 is 0. The summed E-state index contributed by atoms with van der Waals surface area (Å²) in [5.41, 5.74) is 3.14. The maximum absolute atomic E-state index is 12.9. The van der Waals surface area contributed by atoms with Gasteiger partial charge in [0.2, 0.25) is 11.8 Å². The molecule has 2 aliphatic heterocycles. The number of amides is 3. The first-order chi connectivity index (χ1) is 14.1. The summed E-state index contributed by atoms with van der Waals surface area (Å²) in [6, 6.07) is 8.58. The number of ether oxygens (including phenoxy) is 1. The van der Waals surface area contributed by atoms with Crippen molar-refractivity contribution in [2.45, 2.75) is 32.0 Å². The molecule has 0 spiro atoms. The van der Waals surface area contributed by atoms with E-state index in [1.165, 1.54) is 4.90 Å². The summed E-state index contributed by atoms with van der Waals surface area (Å²) in [5, 5.41) is 2.32. The molecule has 3 aromatic rings. The number of imidazole rings is 1. The number of nitrogens with zero attached hydrogens (tertiary/aromatic N) is 3. The first-order valence-electron chi connectivity index (χ1n) is 9.41. The molecule has 1 atom stereocenters. The van der Waals surface area contributed by atoms with Crippen LogP contribution in [0.2, 0.25) is 0 Å². The predicted octanol–water partition coefficient (Wildman–Crippen LogP) is 1.67. The van der Waals surface area contributed by atoms with Crippen LogP contribution in [0.25, 0.3) is 5.65 Å². The number of nitrogens with one attached hydrogen (secondary N) is 1. The number of aromatic nitrogens is 2. The second kappa shape index (κ2) is 6.73. The molecule has 4 heterocycles. The van der Waals surface area contributed by atoms with Gasteiger partial charge in [0.05, 0.1) is 6.54 Å². The van der Waals surface area contributed by atoms with Gasteiger partial charge in [-0.05, 0) is 24.6 Å². The number of rotatable bonds is 4. The first kappa shape index (κ1) is 17.4. The lowest BCUT2D eigenvalue weighted by Crippen LogP contribution is -2.52. The maximum atomic E-state index is 12.9. The second-order valence-electron chi connectivity index (χ2n) is 7.20. The van der Waals surface area contributed by atoms with E-state index in [0.717, 1.165) is 16.8 Å². The van der Waals surface area contributed by atoms with E-state index in [-0.39, 0.29) is 24.8 Å². The summed E-state index contributed by atoms with van der Waals surface area (Å²) in [5.74, 6) is -0.302. The van der Waals surface area contributed by atoms with E-state index in [4.69, 9.17) is 4.74 Å². The molecule has 0 saturated carbocycles. The van der Waals surface area contributed by atoms with Crippen LogP contribution in [0.5, 0.6) is 5.75 Å². The van der Waals surface area contributed by atoms with Gasteiger partial charge in [-0.2, -0.15) is 0 Å². The summed E-state index contributed by atoms with van der Waals surface area (Å²) in [4.78, 5) is 42.2. The lowest BCUT2D eigenvalue weighted by molar-refractivity contribution is -0.136. The van der Waals surface area contributed by atoms with Gasteiger partial charge >= 0.3 is 0 Å². The van der Waals surface area contributed by atoms with Gasteiger partial charge in [0.15, 0.2) is 0 Å². The lowest BCUT2D eigenvalue weighted by Gasteiger charge is -2.29. The Hall–Kier alpha value is -3.68. The van der Waals surface area contributed by atoms with E-state index >= 15 is 0 Å². The second-order valence-corrected chi connectivity index (χ2v) is 7.20. The summed E-state index contributed by atoms with van der Waals surface area (Å²) in [7, 11) is 0. The van der Waals surface area contributed by atoms with Gasteiger partial charge in [0.25, 0.3) is 5.91 Å². The Kier molecular flexibility index (Phi) is 4.04. The van der Waals surface area contributed by atoms with Crippen LogP contribution in [-0.4, -0.2) is 38.0 Å². The number of piperidine rings is 1. The van der Waals surface area contributed by atoms with Gasteiger partial charge in [-0.1, -0.05) is 12.1 Å². The Morgan fingerprint density at radius 3 is 2.93 bits per heavy atom. The van der Waals surface area contributed by atoms with E-state index in [1.807, 2.05) is 35.0 Å². The molecule has 146 valence electrons. The minimum atomic E-state index is -0.635. The van der Waals surface area contributed by atoms with Gasteiger partial charge in [0, 0.05) is 41.7 Å². The van der Waals surface area contributed by atoms with Gasteiger partial charge in [-0.3, -0.25) is 19.7 Å². The highest BCUT2D eigenvalue weighted by atomic mass is 16.5. The molecule has 0 aliphatic carbocycles. The van der Waals surface area contributed by atoms with E-state index in [0.29, 0.717) is 24.3 Å². The molecular weight excluding hydrogens is 372 g/mol. The van der Waals surface area contributed by atoms with Crippen molar-refractivity contribution >= 4 is 23.4 Å². The van der Waals surface area contributed by atoms with Crippen molar-refractivity contribution in [3.8, 4) is 5.75 Å². The molecule has 1 saturated heterocycles. The number of hydrogen-bond acceptors (Lipinski definition) is 5. The molecule has 0 bridgehead atoms. The first-order valence-corrected chi connectivity index (χ1v) is 9.41.